The molecule has 1 saturated carbocycles. The van der Waals surface area contributed by atoms with Crippen molar-refractivity contribution in [3.63, 3.8) is 0 Å². The Labute approximate surface area is 217 Å². The van der Waals surface area contributed by atoms with Crippen LogP contribution in [0.5, 0.6) is 0 Å². The molecule has 37 heavy (non-hydrogen) atoms. The third-order valence-electron chi connectivity index (χ3n) is 7.75. The van der Waals surface area contributed by atoms with Crippen LogP contribution in [-0.2, 0) is 20.8 Å². The molecule has 1 saturated heterocycles. The number of nitrogens with zero attached hydrogens (tertiary/aromatic N) is 5. The molecule has 3 amide bonds. The van der Waals surface area contributed by atoms with Gasteiger partial charge in [0.2, 0.25) is 17.7 Å². The van der Waals surface area contributed by atoms with Gasteiger partial charge in [0.05, 0.1) is 24.3 Å². The average Bonchev–Trinajstić information content (AvgIpc) is 3.32. The number of hydrogen-bond donors (Lipinski definition) is 2. The number of amides is 3. The van der Waals surface area contributed by atoms with Crippen molar-refractivity contribution < 1.29 is 19.5 Å². The predicted octanol–water partition coefficient (Wildman–Crippen LogP) is 2.10. The number of β-amino-alcohol motifs (C(OH)–C–C–N with tert-alkyl or cyclic N) is 1. The van der Waals surface area contributed by atoms with E-state index in [1.165, 1.54) is 4.90 Å². The Bertz CT molecular complexity index is 1230. The van der Waals surface area contributed by atoms with Crippen LogP contribution in [0.1, 0.15) is 81.8 Å². The molecule has 2 fully saturated rings. The van der Waals surface area contributed by atoms with Gasteiger partial charge in [0.1, 0.15) is 12.1 Å². The molecule has 10 heteroatoms. The normalized spacial score (nSPS) is 23.2. The number of hydrogen-bond acceptors (Lipinski definition) is 6. The zero-order chi connectivity index (χ0) is 26.6. The minimum atomic E-state index is -0.789. The molecule has 0 spiro atoms. The molecule has 2 aliphatic heterocycles. The Balaban J connectivity index is 1.33. The highest BCUT2D eigenvalue weighted by molar-refractivity contribution is 6.01. The lowest BCUT2D eigenvalue weighted by Crippen LogP contribution is -2.50. The summed E-state index contributed by atoms with van der Waals surface area (Å²) in [6.07, 6.45) is 3.76. The van der Waals surface area contributed by atoms with Gasteiger partial charge < -0.3 is 20.2 Å². The van der Waals surface area contributed by atoms with Crippen molar-refractivity contribution in [1.29, 1.82) is 0 Å². The number of aliphatic hydroxyl groups excluding tert-OH is 1. The molecular formula is C27H36N6O4. The van der Waals surface area contributed by atoms with E-state index in [2.05, 4.69) is 15.6 Å². The molecule has 0 radical (unpaired) electrons. The number of rotatable bonds is 6. The van der Waals surface area contributed by atoms with E-state index in [1.54, 1.807) is 16.6 Å². The monoisotopic (exact) mass is 508 g/mol. The summed E-state index contributed by atoms with van der Waals surface area (Å²) in [6, 6.07) is 3.98. The van der Waals surface area contributed by atoms with E-state index < -0.39 is 23.6 Å². The second-order valence-electron chi connectivity index (χ2n) is 11.8. The highest BCUT2D eigenvalue weighted by Gasteiger charge is 2.45. The number of benzene rings is 1. The Morgan fingerprint density at radius 2 is 1.95 bits per heavy atom. The lowest BCUT2D eigenvalue weighted by Gasteiger charge is -2.34. The molecule has 4 atom stereocenters. The van der Waals surface area contributed by atoms with Crippen LogP contribution in [0.2, 0.25) is 0 Å². The number of carbonyl (C=O) groups excluding carboxylic acids is 3. The molecule has 0 bridgehead atoms. The molecule has 2 aromatic rings. The number of likely N-dealkylation sites (N-methyl/N-ethyl adjacent to an activating group) is 1. The van der Waals surface area contributed by atoms with Gasteiger partial charge in [0.15, 0.2) is 0 Å². The van der Waals surface area contributed by atoms with E-state index in [0.29, 0.717) is 12.3 Å². The second-order valence-corrected chi connectivity index (χ2v) is 11.8. The minimum Gasteiger partial charge on any atom is -0.391 e. The number of fused-ring (bicyclic) bond motifs is 1. The molecular weight excluding hydrogens is 472 g/mol. The fourth-order valence-corrected chi connectivity index (χ4v) is 5.48. The Hall–Kier alpha value is -3.27. The summed E-state index contributed by atoms with van der Waals surface area (Å²) in [5.41, 5.74) is 3.12. The molecule has 1 aliphatic carbocycles. The summed E-state index contributed by atoms with van der Waals surface area (Å²) >= 11 is 0. The predicted molar refractivity (Wildman–Crippen MR) is 137 cm³/mol. The largest absolute Gasteiger partial charge is 0.391 e. The van der Waals surface area contributed by atoms with Gasteiger partial charge in [-0.05, 0) is 42.4 Å². The summed E-state index contributed by atoms with van der Waals surface area (Å²) in [5, 5.41) is 22.1. The van der Waals surface area contributed by atoms with Gasteiger partial charge in [0.25, 0.3) is 0 Å². The lowest BCUT2D eigenvalue weighted by molar-refractivity contribution is -0.144. The van der Waals surface area contributed by atoms with Gasteiger partial charge in [-0.15, -0.1) is 5.10 Å². The summed E-state index contributed by atoms with van der Waals surface area (Å²) in [7, 11) is 1.76. The molecule has 2 N–H and O–H groups in total. The van der Waals surface area contributed by atoms with Crippen LogP contribution in [-0.4, -0.2) is 68.5 Å². The quantitative estimate of drug-likeness (QED) is 0.617. The van der Waals surface area contributed by atoms with Crippen molar-refractivity contribution in [2.24, 2.45) is 5.41 Å². The standard InChI is InChI=1S/C27H36N6O4/c1-15(17-8-9-21-18(10-17)11-23(35)31(21)5)28-25(36)22-12-19(34)13-32(22)26(37)24(27(2,3)4)33-14-20(29-30-33)16-6-7-16/h8-10,14-16,19,22,24,34H,6-7,11-13H2,1-5H3,(H,28,36)/t15?,19?,22?,24-/m0/s1. The molecule has 1 aromatic carbocycles. The molecule has 3 heterocycles. The van der Waals surface area contributed by atoms with Crippen LogP contribution < -0.4 is 10.2 Å². The van der Waals surface area contributed by atoms with Crippen molar-refractivity contribution in [2.45, 2.75) is 83.5 Å². The number of carbonyl (C=O) groups is 3. The van der Waals surface area contributed by atoms with E-state index in [1.807, 2.05) is 52.1 Å². The topological polar surface area (TPSA) is 121 Å². The van der Waals surface area contributed by atoms with Crippen LogP contribution in [0.15, 0.2) is 24.4 Å². The fourth-order valence-electron chi connectivity index (χ4n) is 5.48. The summed E-state index contributed by atoms with van der Waals surface area (Å²) in [5.74, 6) is -0.0991. The van der Waals surface area contributed by atoms with E-state index in [-0.39, 0.29) is 36.7 Å². The van der Waals surface area contributed by atoms with E-state index >= 15 is 0 Å². The fraction of sp³-hybridized carbons (Fsp3) is 0.593. The van der Waals surface area contributed by atoms with Crippen LogP contribution in [0.4, 0.5) is 5.69 Å². The van der Waals surface area contributed by atoms with Gasteiger partial charge in [-0.25, -0.2) is 4.68 Å². The van der Waals surface area contributed by atoms with Crippen molar-refractivity contribution in [3.8, 4) is 0 Å². The second kappa shape index (κ2) is 9.24. The molecule has 1 aromatic heterocycles. The number of aromatic nitrogens is 3. The molecule has 5 rings (SSSR count). The van der Waals surface area contributed by atoms with Crippen LogP contribution in [0, 0.1) is 5.41 Å². The van der Waals surface area contributed by atoms with Crippen LogP contribution in [0.3, 0.4) is 0 Å². The number of anilines is 1. The lowest BCUT2D eigenvalue weighted by atomic mass is 9.85. The van der Waals surface area contributed by atoms with Gasteiger partial charge in [-0.1, -0.05) is 38.1 Å². The Kier molecular flexibility index (Phi) is 6.34. The zero-order valence-electron chi connectivity index (χ0n) is 22.1. The van der Waals surface area contributed by atoms with Crippen molar-refractivity contribution >= 4 is 23.4 Å². The average molecular weight is 509 g/mol. The third kappa shape index (κ3) is 4.86. The van der Waals surface area contributed by atoms with Gasteiger partial charge >= 0.3 is 0 Å². The number of nitrogens with one attached hydrogen (secondary N) is 1. The maximum atomic E-state index is 13.9. The summed E-state index contributed by atoms with van der Waals surface area (Å²) in [6.45, 7) is 7.87. The molecule has 3 aliphatic rings. The van der Waals surface area contributed by atoms with Gasteiger partial charge in [-0.2, -0.15) is 0 Å². The first-order chi connectivity index (χ1) is 17.4. The highest BCUT2D eigenvalue weighted by atomic mass is 16.3. The van der Waals surface area contributed by atoms with Crippen molar-refractivity contribution in [1.82, 2.24) is 25.2 Å². The van der Waals surface area contributed by atoms with Crippen molar-refractivity contribution in [2.75, 3.05) is 18.5 Å². The summed E-state index contributed by atoms with van der Waals surface area (Å²) in [4.78, 5) is 42.5. The summed E-state index contributed by atoms with van der Waals surface area (Å²) < 4.78 is 1.63. The Morgan fingerprint density at radius 1 is 1.22 bits per heavy atom. The first-order valence-electron chi connectivity index (χ1n) is 13.0. The number of aliphatic hydroxyl groups is 1. The Morgan fingerprint density at radius 3 is 2.62 bits per heavy atom. The van der Waals surface area contributed by atoms with Crippen LogP contribution >= 0.6 is 0 Å². The first kappa shape index (κ1) is 25.4. The minimum absolute atomic E-state index is 0.0444. The molecule has 10 nitrogen and oxygen atoms in total. The van der Waals surface area contributed by atoms with E-state index in [4.69, 9.17) is 0 Å². The maximum Gasteiger partial charge on any atom is 0.248 e. The van der Waals surface area contributed by atoms with Crippen molar-refractivity contribution in [3.05, 3.63) is 41.2 Å². The maximum absolute atomic E-state index is 13.9. The van der Waals surface area contributed by atoms with Crippen LogP contribution in [0.25, 0.3) is 0 Å². The molecule has 3 unspecified atom stereocenters. The highest BCUT2D eigenvalue weighted by Crippen LogP contribution is 2.40. The van der Waals surface area contributed by atoms with E-state index in [0.717, 1.165) is 35.3 Å². The van der Waals surface area contributed by atoms with Gasteiger partial charge in [0, 0.05) is 37.8 Å². The zero-order valence-corrected chi connectivity index (χ0v) is 22.1. The SMILES string of the molecule is CC(NC(=O)C1CC(O)CN1C(=O)[C@H](n1cc(C2CC2)nn1)C(C)(C)C)c1ccc2c(c1)CC(=O)N2C. The third-order valence-corrected chi connectivity index (χ3v) is 7.75. The molecule has 198 valence electrons. The van der Waals surface area contributed by atoms with E-state index in [9.17, 15) is 19.5 Å². The number of likely N-dealkylation sites (tertiary alicyclic amines) is 1. The van der Waals surface area contributed by atoms with Gasteiger partial charge in [-0.3, -0.25) is 14.4 Å². The smallest absolute Gasteiger partial charge is 0.248 e. The first-order valence-corrected chi connectivity index (χ1v) is 13.0.